The monoisotopic (exact) mass is 263 g/mol. The molecule has 84 valence electrons. The van der Waals surface area contributed by atoms with Crippen LogP contribution < -0.4 is 10.1 Å². The van der Waals surface area contributed by atoms with Crippen LogP contribution in [0.25, 0.3) is 11.0 Å². The van der Waals surface area contributed by atoms with Gasteiger partial charge < -0.3 is 0 Å². The fraction of sp³-hybridized carbons (Fsp3) is 0. The highest BCUT2D eigenvalue weighted by Gasteiger charge is 2.04. The van der Waals surface area contributed by atoms with Crippen molar-refractivity contribution in [2.75, 3.05) is 0 Å². The van der Waals surface area contributed by atoms with Gasteiger partial charge in [0, 0.05) is 5.02 Å². The van der Waals surface area contributed by atoms with Crippen LogP contribution in [0.15, 0.2) is 35.4 Å². The summed E-state index contributed by atoms with van der Waals surface area (Å²) in [6.45, 7) is 0. The Morgan fingerprint density at radius 2 is 2.06 bits per heavy atom. The van der Waals surface area contributed by atoms with Crippen LogP contribution in [0.1, 0.15) is 5.56 Å². The zero-order chi connectivity index (χ0) is 11.8. The van der Waals surface area contributed by atoms with Crippen LogP contribution in [0, 0.1) is 0 Å². The molecule has 6 heteroatoms. The molecule has 0 aliphatic rings. The van der Waals surface area contributed by atoms with Crippen molar-refractivity contribution in [2.45, 2.75) is 0 Å². The van der Waals surface area contributed by atoms with E-state index in [1.54, 1.807) is 22.7 Å². The van der Waals surface area contributed by atoms with Gasteiger partial charge in [0.05, 0.1) is 0 Å². The molecule has 17 heavy (non-hydrogen) atoms. The van der Waals surface area contributed by atoms with Crippen LogP contribution in [-0.4, -0.2) is 14.6 Å². The van der Waals surface area contributed by atoms with Crippen molar-refractivity contribution in [3.63, 3.8) is 0 Å². The highest BCUT2D eigenvalue weighted by Crippen LogP contribution is 2.09. The fourth-order valence-electron chi connectivity index (χ4n) is 1.52. The molecule has 3 aromatic rings. The van der Waals surface area contributed by atoms with Crippen molar-refractivity contribution in [3.05, 3.63) is 56.1 Å². The van der Waals surface area contributed by atoms with E-state index in [9.17, 15) is 4.79 Å². The summed E-state index contributed by atoms with van der Waals surface area (Å²) in [6.07, 6.45) is 3.21. The predicted octanol–water partition coefficient (Wildman–Crippen LogP) is 1.35. The summed E-state index contributed by atoms with van der Waals surface area (Å²) in [4.78, 5) is 16.3. The SMILES string of the molecule is O=c1sc2ncnn2c1=Cc1ccc(Cl)cc1. The number of nitrogens with zero attached hydrogens (tertiary/aromatic N) is 3. The zero-order valence-corrected chi connectivity index (χ0v) is 10.1. The summed E-state index contributed by atoms with van der Waals surface area (Å²) in [5.41, 5.74) is 0.904. The van der Waals surface area contributed by atoms with E-state index in [1.165, 1.54) is 6.33 Å². The average molecular weight is 264 g/mol. The van der Waals surface area contributed by atoms with E-state index in [-0.39, 0.29) is 4.74 Å². The summed E-state index contributed by atoms with van der Waals surface area (Å²) in [6, 6.07) is 7.26. The van der Waals surface area contributed by atoms with E-state index >= 15 is 0 Å². The molecule has 0 aliphatic heterocycles. The van der Waals surface area contributed by atoms with Gasteiger partial charge in [0.1, 0.15) is 11.7 Å². The molecule has 0 bridgehead atoms. The largest absolute Gasteiger partial charge is 0.275 e. The Morgan fingerprint density at radius 1 is 1.29 bits per heavy atom. The van der Waals surface area contributed by atoms with E-state index in [2.05, 4.69) is 10.1 Å². The van der Waals surface area contributed by atoms with Crippen molar-refractivity contribution in [2.24, 2.45) is 0 Å². The van der Waals surface area contributed by atoms with Crippen LogP contribution in [0.5, 0.6) is 0 Å². The minimum absolute atomic E-state index is 0.0458. The molecule has 0 amide bonds. The van der Waals surface area contributed by atoms with Crippen molar-refractivity contribution in [1.82, 2.24) is 14.6 Å². The summed E-state index contributed by atoms with van der Waals surface area (Å²) >= 11 is 6.89. The lowest BCUT2D eigenvalue weighted by Gasteiger charge is -1.92. The Hall–Kier alpha value is -1.72. The molecule has 0 aliphatic carbocycles. The first kappa shape index (κ1) is 10.4. The average Bonchev–Trinajstić information content (AvgIpc) is 2.85. The maximum Gasteiger partial charge on any atom is 0.261 e. The van der Waals surface area contributed by atoms with Gasteiger partial charge in [-0.2, -0.15) is 9.61 Å². The van der Waals surface area contributed by atoms with Gasteiger partial charge in [-0.1, -0.05) is 35.1 Å². The van der Waals surface area contributed by atoms with E-state index in [0.717, 1.165) is 16.9 Å². The molecule has 0 fully saturated rings. The maximum atomic E-state index is 11.7. The second-order valence-electron chi connectivity index (χ2n) is 3.43. The fourth-order valence-corrected chi connectivity index (χ4v) is 2.40. The molecule has 0 saturated heterocycles. The highest BCUT2D eigenvalue weighted by molar-refractivity contribution is 7.14. The smallest absolute Gasteiger partial charge is 0.261 e. The van der Waals surface area contributed by atoms with Gasteiger partial charge in [0.25, 0.3) is 4.74 Å². The molecule has 0 unspecified atom stereocenters. The van der Waals surface area contributed by atoms with Gasteiger partial charge in [0.2, 0.25) is 4.96 Å². The predicted molar refractivity (Wildman–Crippen MR) is 67.4 cm³/mol. The lowest BCUT2D eigenvalue weighted by molar-refractivity contribution is 0.937. The van der Waals surface area contributed by atoms with Crippen LogP contribution in [0.2, 0.25) is 5.02 Å². The van der Waals surface area contributed by atoms with Crippen molar-refractivity contribution in [3.8, 4) is 0 Å². The number of aromatic nitrogens is 3. The lowest BCUT2D eigenvalue weighted by atomic mass is 10.2. The topological polar surface area (TPSA) is 47.3 Å². The second-order valence-corrected chi connectivity index (χ2v) is 4.80. The normalized spacial score (nSPS) is 12.4. The van der Waals surface area contributed by atoms with Gasteiger partial charge in [0.15, 0.2) is 0 Å². The third kappa shape index (κ3) is 1.83. The summed E-state index contributed by atoms with van der Waals surface area (Å²) < 4.78 is 1.50. The molecular formula is C11H6ClN3OS. The van der Waals surface area contributed by atoms with Crippen LogP contribution >= 0.6 is 22.9 Å². The molecule has 2 aromatic heterocycles. The third-order valence-electron chi connectivity index (χ3n) is 2.31. The highest BCUT2D eigenvalue weighted by atomic mass is 35.5. The molecule has 0 spiro atoms. The Kier molecular flexibility index (Phi) is 2.42. The molecule has 0 saturated carbocycles. The first-order valence-corrected chi connectivity index (χ1v) is 6.03. The Morgan fingerprint density at radius 3 is 2.82 bits per heavy atom. The van der Waals surface area contributed by atoms with Crippen LogP contribution in [0.4, 0.5) is 0 Å². The molecule has 0 N–H and O–H groups in total. The molecule has 2 heterocycles. The van der Waals surface area contributed by atoms with E-state index < -0.39 is 0 Å². The van der Waals surface area contributed by atoms with Crippen molar-refractivity contribution in [1.29, 1.82) is 0 Å². The maximum absolute atomic E-state index is 11.7. The van der Waals surface area contributed by atoms with E-state index in [4.69, 9.17) is 11.6 Å². The minimum Gasteiger partial charge on any atom is -0.275 e. The molecule has 0 atom stereocenters. The van der Waals surface area contributed by atoms with Crippen LogP contribution in [-0.2, 0) is 0 Å². The van der Waals surface area contributed by atoms with Gasteiger partial charge in [-0.05, 0) is 23.8 Å². The summed E-state index contributed by atoms with van der Waals surface area (Å²) in [7, 11) is 0. The van der Waals surface area contributed by atoms with E-state index in [1.807, 2.05) is 12.1 Å². The molecule has 1 aromatic carbocycles. The van der Waals surface area contributed by atoms with Crippen molar-refractivity contribution < 1.29 is 0 Å². The van der Waals surface area contributed by atoms with E-state index in [0.29, 0.717) is 15.3 Å². The minimum atomic E-state index is -0.0458. The number of benzene rings is 1. The first-order valence-electron chi connectivity index (χ1n) is 4.84. The summed E-state index contributed by atoms with van der Waals surface area (Å²) in [5, 5.41) is 5.20. The zero-order valence-electron chi connectivity index (χ0n) is 8.50. The molecule has 4 nitrogen and oxygen atoms in total. The lowest BCUT2D eigenvalue weighted by Crippen LogP contribution is -2.24. The number of thiazole rings is 1. The number of rotatable bonds is 1. The molecule has 0 radical (unpaired) electrons. The van der Waals surface area contributed by atoms with Gasteiger partial charge in [-0.25, -0.2) is 4.98 Å². The Balaban J connectivity index is 2.26. The number of hydrogen-bond acceptors (Lipinski definition) is 4. The second kappa shape index (κ2) is 3.94. The Labute approximate surface area is 105 Å². The van der Waals surface area contributed by atoms with Gasteiger partial charge in [-0.15, -0.1) is 0 Å². The van der Waals surface area contributed by atoms with Gasteiger partial charge in [-0.3, -0.25) is 4.79 Å². The molecule has 3 rings (SSSR count). The molecular weight excluding hydrogens is 258 g/mol. The van der Waals surface area contributed by atoms with Gasteiger partial charge >= 0.3 is 0 Å². The number of halogens is 1. The van der Waals surface area contributed by atoms with Crippen molar-refractivity contribution >= 4 is 34.0 Å². The summed E-state index contributed by atoms with van der Waals surface area (Å²) in [5.74, 6) is 0. The quantitative estimate of drug-likeness (QED) is 0.666. The Bertz CT molecular complexity index is 775. The third-order valence-corrected chi connectivity index (χ3v) is 3.42. The number of fused-ring (bicyclic) bond motifs is 1. The van der Waals surface area contributed by atoms with Crippen LogP contribution in [0.3, 0.4) is 0 Å². The number of hydrogen-bond donors (Lipinski definition) is 0. The first-order chi connectivity index (χ1) is 8.24. The standard InChI is InChI=1S/C11H6ClN3OS/c12-8-3-1-7(2-4-8)5-9-10(16)17-11-13-6-14-15(9)11/h1-6H.